The van der Waals surface area contributed by atoms with Crippen LogP contribution in [-0.4, -0.2) is 0 Å². The molecule has 2 heterocycles. The minimum Gasteiger partial charge on any atom is -0.192 e. The number of nitrogens with zero attached hydrogens (tertiary/aromatic N) is 1. The first-order valence-corrected chi connectivity index (χ1v) is 12.4. The van der Waals surface area contributed by atoms with Crippen molar-refractivity contribution in [1.29, 1.82) is 0 Å². The molecular formula is C30H36N+. The van der Waals surface area contributed by atoms with Crippen molar-refractivity contribution in [3.05, 3.63) is 77.5 Å². The van der Waals surface area contributed by atoms with Gasteiger partial charge in [0.2, 0.25) is 5.69 Å². The third kappa shape index (κ3) is 2.93. The predicted molar refractivity (Wildman–Crippen MR) is 130 cm³/mol. The van der Waals surface area contributed by atoms with Crippen molar-refractivity contribution in [3.63, 3.8) is 0 Å². The van der Waals surface area contributed by atoms with Gasteiger partial charge in [0.15, 0.2) is 11.7 Å². The molecule has 0 bridgehead atoms. The van der Waals surface area contributed by atoms with E-state index in [0.29, 0.717) is 5.41 Å². The zero-order valence-corrected chi connectivity index (χ0v) is 19.7. The summed E-state index contributed by atoms with van der Waals surface area (Å²) in [6.45, 7) is 9.28. The molecule has 2 aromatic carbocycles. The Labute approximate surface area is 188 Å². The Hall–Kier alpha value is -2.41. The SMILES string of the molecule is CCCCCc1ccc(C)c(-c2ccc3c(c2)-c2cccc[n+]2C2(CC)CC32CC)c1. The lowest BCUT2D eigenvalue weighted by molar-refractivity contribution is -0.735. The highest BCUT2D eigenvalue weighted by atomic mass is 15.2. The molecule has 0 amide bonds. The summed E-state index contributed by atoms with van der Waals surface area (Å²) in [6.07, 6.45) is 11.1. The molecule has 1 fully saturated rings. The zero-order valence-electron chi connectivity index (χ0n) is 19.7. The Morgan fingerprint density at radius 2 is 1.74 bits per heavy atom. The number of aromatic nitrogens is 1. The Morgan fingerprint density at radius 3 is 2.52 bits per heavy atom. The van der Waals surface area contributed by atoms with Crippen molar-refractivity contribution in [2.24, 2.45) is 0 Å². The molecule has 2 aliphatic rings. The van der Waals surface area contributed by atoms with Gasteiger partial charge in [-0.25, -0.2) is 0 Å². The van der Waals surface area contributed by atoms with Crippen molar-refractivity contribution >= 4 is 0 Å². The number of hydrogen-bond donors (Lipinski definition) is 0. The molecule has 1 aliphatic heterocycles. The van der Waals surface area contributed by atoms with E-state index in [2.05, 4.69) is 93.1 Å². The van der Waals surface area contributed by atoms with Gasteiger partial charge in [-0.15, -0.1) is 0 Å². The number of fused-ring (bicyclic) bond motifs is 6. The average Bonchev–Trinajstić information content (AvgIpc) is 3.52. The minimum absolute atomic E-state index is 0.266. The second-order valence-electron chi connectivity index (χ2n) is 9.82. The van der Waals surface area contributed by atoms with Gasteiger partial charge in [-0.3, -0.25) is 0 Å². The Bertz CT molecular complexity index is 1130. The van der Waals surface area contributed by atoms with Gasteiger partial charge in [0.25, 0.3) is 0 Å². The van der Waals surface area contributed by atoms with E-state index in [1.807, 2.05) is 0 Å². The number of benzene rings is 2. The van der Waals surface area contributed by atoms with Crippen LogP contribution in [0.5, 0.6) is 0 Å². The molecule has 3 aromatic rings. The Balaban J connectivity index is 1.62. The molecule has 0 saturated heterocycles. The van der Waals surface area contributed by atoms with Crippen LogP contribution in [0.25, 0.3) is 22.4 Å². The highest BCUT2D eigenvalue weighted by molar-refractivity contribution is 5.77. The van der Waals surface area contributed by atoms with Crippen LogP contribution in [0.3, 0.4) is 0 Å². The van der Waals surface area contributed by atoms with Gasteiger partial charge in [-0.1, -0.05) is 63.9 Å². The molecule has 31 heavy (non-hydrogen) atoms. The summed E-state index contributed by atoms with van der Waals surface area (Å²) in [5.74, 6) is 0. The highest BCUT2D eigenvalue weighted by Gasteiger charge is 2.76. The summed E-state index contributed by atoms with van der Waals surface area (Å²) in [6, 6.07) is 21.2. The first-order valence-electron chi connectivity index (χ1n) is 12.4. The summed E-state index contributed by atoms with van der Waals surface area (Å²) in [5, 5.41) is 0. The molecule has 1 heteroatoms. The molecule has 160 valence electrons. The zero-order chi connectivity index (χ0) is 21.6. The van der Waals surface area contributed by atoms with E-state index in [1.54, 1.807) is 5.56 Å². The lowest BCUT2D eigenvalue weighted by Gasteiger charge is -2.29. The van der Waals surface area contributed by atoms with E-state index < -0.39 is 0 Å². The molecule has 2 atom stereocenters. The number of pyridine rings is 1. The topological polar surface area (TPSA) is 3.88 Å². The summed E-state index contributed by atoms with van der Waals surface area (Å²) < 4.78 is 2.61. The molecule has 1 aromatic heterocycles. The molecule has 2 unspecified atom stereocenters. The third-order valence-corrected chi connectivity index (χ3v) is 8.36. The molecule has 1 nitrogen and oxygen atoms in total. The maximum absolute atomic E-state index is 2.61. The van der Waals surface area contributed by atoms with E-state index >= 15 is 0 Å². The van der Waals surface area contributed by atoms with Crippen LogP contribution in [0, 0.1) is 6.92 Å². The number of rotatable bonds is 7. The maximum Gasteiger partial charge on any atom is 0.213 e. The van der Waals surface area contributed by atoms with Crippen LogP contribution >= 0.6 is 0 Å². The van der Waals surface area contributed by atoms with Crippen molar-refractivity contribution < 1.29 is 4.57 Å². The Morgan fingerprint density at radius 1 is 0.871 bits per heavy atom. The van der Waals surface area contributed by atoms with Crippen molar-refractivity contribution in [3.8, 4) is 22.4 Å². The first kappa shape index (κ1) is 20.5. The van der Waals surface area contributed by atoms with E-state index in [-0.39, 0.29) is 5.54 Å². The van der Waals surface area contributed by atoms with Crippen LogP contribution in [0.2, 0.25) is 0 Å². The van der Waals surface area contributed by atoms with Gasteiger partial charge in [-0.05, 0) is 66.1 Å². The highest BCUT2D eigenvalue weighted by Crippen LogP contribution is 2.67. The van der Waals surface area contributed by atoms with Crippen molar-refractivity contribution in [2.75, 3.05) is 0 Å². The number of unbranched alkanes of at least 4 members (excludes halogenated alkanes) is 2. The van der Waals surface area contributed by atoms with Gasteiger partial charge in [0.1, 0.15) is 0 Å². The van der Waals surface area contributed by atoms with Crippen molar-refractivity contribution in [1.82, 2.24) is 0 Å². The van der Waals surface area contributed by atoms with Crippen LogP contribution in [0.1, 0.15) is 76.0 Å². The average molecular weight is 411 g/mol. The molecule has 5 rings (SSSR count). The van der Waals surface area contributed by atoms with E-state index in [1.165, 1.54) is 78.5 Å². The maximum atomic E-state index is 2.61. The van der Waals surface area contributed by atoms with E-state index in [9.17, 15) is 0 Å². The van der Waals surface area contributed by atoms with Gasteiger partial charge < -0.3 is 0 Å². The lowest BCUT2D eigenvalue weighted by atomic mass is 9.78. The normalized spacial score (nSPS) is 23.1. The van der Waals surface area contributed by atoms with Crippen LogP contribution in [0.4, 0.5) is 0 Å². The fourth-order valence-electron chi connectivity index (χ4n) is 6.49. The monoisotopic (exact) mass is 410 g/mol. The second kappa shape index (κ2) is 7.62. The molecule has 0 N–H and O–H groups in total. The van der Waals surface area contributed by atoms with E-state index in [4.69, 9.17) is 0 Å². The van der Waals surface area contributed by atoms with Gasteiger partial charge >= 0.3 is 0 Å². The number of hydrogen-bond acceptors (Lipinski definition) is 0. The number of aryl methyl sites for hydroxylation is 2. The van der Waals surface area contributed by atoms with Gasteiger partial charge in [-0.2, -0.15) is 4.57 Å². The summed E-state index contributed by atoms with van der Waals surface area (Å²) in [4.78, 5) is 0. The molecular weight excluding hydrogens is 374 g/mol. The third-order valence-electron chi connectivity index (χ3n) is 8.36. The lowest BCUT2D eigenvalue weighted by Crippen LogP contribution is -2.54. The Kier molecular flexibility index (Phi) is 5.04. The standard InChI is InChI=1S/C30H36N/c1-5-8-9-12-23-15-14-22(4)25(19-23)24-16-17-27-26(20-24)28-13-10-11-18-31(28)30(7-3)21-29(27,30)6-2/h10-11,13-20H,5-9,12,21H2,1-4H3/q+1. The predicted octanol–water partition coefficient (Wildman–Crippen LogP) is 7.52. The fourth-order valence-corrected chi connectivity index (χ4v) is 6.49. The van der Waals surface area contributed by atoms with Crippen LogP contribution in [-0.2, 0) is 17.4 Å². The fraction of sp³-hybridized carbons (Fsp3) is 0.433. The summed E-state index contributed by atoms with van der Waals surface area (Å²) in [7, 11) is 0. The minimum atomic E-state index is 0.266. The first-order chi connectivity index (χ1) is 15.1. The van der Waals surface area contributed by atoms with Crippen LogP contribution in [0.15, 0.2) is 60.8 Å². The largest absolute Gasteiger partial charge is 0.213 e. The van der Waals surface area contributed by atoms with Crippen molar-refractivity contribution in [2.45, 2.75) is 83.6 Å². The molecule has 1 aliphatic carbocycles. The molecule has 0 radical (unpaired) electrons. The van der Waals surface area contributed by atoms with Gasteiger partial charge in [0.05, 0.1) is 11.0 Å². The quantitative estimate of drug-likeness (QED) is 0.280. The summed E-state index contributed by atoms with van der Waals surface area (Å²) in [5.41, 5.74) is 10.6. The summed E-state index contributed by atoms with van der Waals surface area (Å²) >= 11 is 0. The second-order valence-corrected chi connectivity index (χ2v) is 9.82. The molecule has 0 spiro atoms. The smallest absolute Gasteiger partial charge is 0.192 e. The molecule has 1 saturated carbocycles. The van der Waals surface area contributed by atoms with Gasteiger partial charge in [0, 0.05) is 25.0 Å². The van der Waals surface area contributed by atoms with Crippen LogP contribution < -0.4 is 4.57 Å². The van der Waals surface area contributed by atoms with E-state index in [0.717, 1.165) is 0 Å².